The smallest absolute Gasteiger partial charge is 0.360 e. The van der Waals surface area contributed by atoms with Crippen molar-refractivity contribution in [3.63, 3.8) is 0 Å². The summed E-state index contributed by atoms with van der Waals surface area (Å²) in [5.41, 5.74) is 11.2. The lowest BCUT2D eigenvalue weighted by molar-refractivity contribution is -0.00699. The lowest BCUT2D eigenvalue weighted by Gasteiger charge is -1.99. The van der Waals surface area contributed by atoms with Crippen LogP contribution in [0.5, 0.6) is 0 Å². The maximum atomic E-state index is 12.3. The molecule has 0 heterocycles. The van der Waals surface area contributed by atoms with Gasteiger partial charge in [-0.3, -0.25) is 9.59 Å². The molecule has 0 unspecified atom stereocenters. The van der Waals surface area contributed by atoms with Gasteiger partial charge < -0.3 is 5.53 Å². The first-order chi connectivity index (χ1) is 10.0. The SMILES string of the molecule is Cc1ccc(C(=O)C(=[N+]=[N-])C(=O)c2ccc(C)cc2)cc1. The zero-order valence-corrected chi connectivity index (χ0v) is 11.8. The van der Waals surface area contributed by atoms with E-state index in [-0.39, 0.29) is 0 Å². The van der Waals surface area contributed by atoms with Gasteiger partial charge in [-0.05, 0) is 13.8 Å². The van der Waals surface area contributed by atoms with Gasteiger partial charge in [0.15, 0.2) is 0 Å². The van der Waals surface area contributed by atoms with Crippen molar-refractivity contribution >= 4 is 17.3 Å². The number of rotatable bonds is 4. The molecule has 4 nitrogen and oxygen atoms in total. The zero-order valence-electron chi connectivity index (χ0n) is 11.8. The Morgan fingerprint density at radius 2 is 1.10 bits per heavy atom. The van der Waals surface area contributed by atoms with Gasteiger partial charge in [-0.1, -0.05) is 59.7 Å². The number of hydrogen-bond acceptors (Lipinski definition) is 2. The molecule has 4 heteroatoms. The Morgan fingerprint density at radius 1 is 0.762 bits per heavy atom. The second-order valence-corrected chi connectivity index (χ2v) is 4.84. The van der Waals surface area contributed by atoms with E-state index >= 15 is 0 Å². The van der Waals surface area contributed by atoms with Gasteiger partial charge in [-0.2, -0.15) is 4.79 Å². The van der Waals surface area contributed by atoms with E-state index in [9.17, 15) is 9.59 Å². The molecule has 2 aromatic carbocycles. The van der Waals surface area contributed by atoms with Gasteiger partial charge in [0.05, 0.1) is 0 Å². The molecule has 0 radical (unpaired) electrons. The molecule has 0 fully saturated rings. The third-order valence-electron chi connectivity index (χ3n) is 3.16. The Hall–Kier alpha value is -2.84. The normalized spacial score (nSPS) is 9.81. The molecular formula is C17H14N2O2. The highest BCUT2D eigenvalue weighted by Gasteiger charge is 2.31. The minimum atomic E-state index is -0.594. The van der Waals surface area contributed by atoms with Crippen molar-refractivity contribution in [1.82, 2.24) is 0 Å². The number of hydrogen-bond donors (Lipinski definition) is 0. The average molecular weight is 278 g/mol. The van der Waals surface area contributed by atoms with E-state index in [1.54, 1.807) is 48.5 Å². The van der Waals surface area contributed by atoms with Crippen LogP contribution in [0.15, 0.2) is 48.5 Å². The van der Waals surface area contributed by atoms with Gasteiger partial charge in [0.1, 0.15) is 0 Å². The first-order valence-electron chi connectivity index (χ1n) is 6.47. The monoisotopic (exact) mass is 278 g/mol. The molecule has 0 N–H and O–H groups in total. The summed E-state index contributed by atoms with van der Waals surface area (Å²) in [5, 5.41) is 0. The van der Waals surface area contributed by atoms with Gasteiger partial charge in [0, 0.05) is 11.1 Å². The summed E-state index contributed by atoms with van der Waals surface area (Å²) < 4.78 is 0. The predicted molar refractivity (Wildman–Crippen MR) is 79.6 cm³/mol. The number of nitrogens with zero attached hydrogens (tertiary/aromatic N) is 2. The number of ketones is 2. The maximum absolute atomic E-state index is 12.3. The van der Waals surface area contributed by atoms with Crippen molar-refractivity contribution in [2.75, 3.05) is 0 Å². The Balaban J connectivity index is 2.33. The van der Waals surface area contributed by atoms with Crippen molar-refractivity contribution in [3.8, 4) is 0 Å². The minimum Gasteiger partial charge on any atom is -0.360 e. The van der Waals surface area contributed by atoms with Crippen molar-refractivity contribution < 1.29 is 14.4 Å². The second kappa shape index (κ2) is 6.07. The Bertz CT molecular complexity index is 678. The van der Waals surface area contributed by atoms with Crippen LogP contribution in [0.2, 0.25) is 0 Å². The van der Waals surface area contributed by atoms with Crippen molar-refractivity contribution in [1.29, 1.82) is 0 Å². The molecule has 0 bridgehead atoms. The van der Waals surface area contributed by atoms with Crippen LogP contribution in [-0.4, -0.2) is 22.1 Å². The standard InChI is InChI=1S/C17H14N2O2/c1-11-3-7-13(8-4-11)16(20)15(19-18)17(21)14-9-5-12(2)6-10-14/h3-10H,1-2H3. The van der Waals surface area contributed by atoms with Crippen LogP contribution in [-0.2, 0) is 0 Å². The molecular weight excluding hydrogens is 264 g/mol. The van der Waals surface area contributed by atoms with E-state index in [1.165, 1.54) is 0 Å². The van der Waals surface area contributed by atoms with Gasteiger partial charge in [0.2, 0.25) is 0 Å². The molecule has 0 aromatic heterocycles. The highest BCUT2D eigenvalue weighted by molar-refractivity contribution is 6.70. The predicted octanol–water partition coefficient (Wildman–Crippen LogP) is 3.04. The number of Topliss-reactive ketones (excluding diaryl/α,β-unsaturated/α-hetero) is 2. The largest absolute Gasteiger partial charge is 0.409 e. The third-order valence-corrected chi connectivity index (χ3v) is 3.16. The summed E-state index contributed by atoms with van der Waals surface area (Å²) in [6.45, 7) is 3.79. The number of benzene rings is 2. The van der Waals surface area contributed by atoms with Gasteiger partial charge in [0.25, 0.3) is 11.6 Å². The van der Waals surface area contributed by atoms with Crippen molar-refractivity contribution in [2.45, 2.75) is 13.8 Å². The highest BCUT2D eigenvalue weighted by Crippen LogP contribution is 2.09. The molecule has 2 rings (SSSR count). The van der Waals surface area contributed by atoms with Crippen molar-refractivity contribution in [3.05, 3.63) is 76.3 Å². The quantitative estimate of drug-likeness (QED) is 0.283. The zero-order chi connectivity index (χ0) is 15.4. The summed E-state index contributed by atoms with van der Waals surface area (Å²) in [6, 6.07) is 13.5. The van der Waals surface area contributed by atoms with E-state index in [0.717, 1.165) is 11.1 Å². The molecule has 0 aliphatic heterocycles. The van der Waals surface area contributed by atoms with Crippen LogP contribution < -0.4 is 0 Å². The Kier molecular flexibility index (Phi) is 4.21. The molecule has 0 saturated heterocycles. The Labute approximate surface area is 122 Å². The molecule has 0 aliphatic rings. The molecule has 21 heavy (non-hydrogen) atoms. The first-order valence-corrected chi connectivity index (χ1v) is 6.47. The van der Waals surface area contributed by atoms with E-state index in [4.69, 9.17) is 5.53 Å². The summed E-state index contributed by atoms with van der Waals surface area (Å²) in [5.74, 6) is -1.19. The van der Waals surface area contributed by atoms with Gasteiger partial charge in [-0.15, -0.1) is 0 Å². The molecule has 0 aliphatic carbocycles. The summed E-state index contributed by atoms with van der Waals surface area (Å²) in [7, 11) is 0. The van der Waals surface area contributed by atoms with E-state index < -0.39 is 17.3 Å². The molecule has 104 valence electrons. The summed E-state index contributed by atoms with van der Waals surface area (Å²) >= 11 is 0. The lowest BCUT2D eigenvalue weighted by atomic mass is 9.98. The van der Waals surface area contributed by atoms with Crippen LogP contribution in [0.3, 0.4) is 0 Å². The Morgan fingerprint density at radius 3 is 1.38 bits per heavy atom. The molecule has 0 amide bonds. The fourth-order valence-electron chi connectivity index (χ4n) is 1.88. The van der Waals surface area contributed by atoms with Crippen molar-refractivity contribution in [2.24, 2.45) is 0 Å². The van der Waals surface area contributed by atoms with Gasteiger partial charge in [-0.25, -0.2) is 0 Å². The van der Waals surface area contributed by atoms with E-state index in [0.29, 0.717) is 11.1 Å². The molecule has 0 atom stereocenters. The summed E-state index contributed by atoms with van der Waals surface area (Å²) in [4.78, 5) is 27.4. The van der Waals surface area contributed by atoms with Crippen LogP contribution in [0.4, 0.5) is 0 Å². The van der Waals surface area contributed by atoms with Crippen LogP contribution in [0, 0.1) is 13.8 Å². The molecule has 0 saturated carbocycles. The topological polar surface area (TPSA) is 70.5 Å². The number of carbonyl (C=O) groups is 2. The number of carbonyl (C=O) groups excluding carboxylic acids is 2. The average Bonchev–Trinajstić information content (AvgIpc) is 2.49. The molecule has 2 aromatic rings. The van der Waals surface area contributed by atoms with Crippen LogP contribution in [0.25, 0.3) is 5.53 Å². The molecule has 0 spiro atoms. The fourth-order valence-corrected chi connectivity index (χ4v) is 1.88. The van der Waals surface area contributed by atoms with E-state index in [2.05, 4.69) is 4.79 Å². The van der Waals surface area contributed by atoms with E-state index in [1.807, 2.05) is 13.8 Å². The van der Waals surface area contributed by atoms with Crippen LogP contribution >= 0.6 is 0 Å². The van der Waals surface area contributed by atoms with Crippen LogP contribution in [0.1, 0.15) is 31.8 Å². The second-order valence-electron chi connectivity index (χ2n) is 4.84. The maximum Gasteiger partial charge on any atom is 0.409 e. The van der Waals surface area contributed by atoms with Gasteiger partial charge >= 0.3 is 5.71 Å². The number of aryl methyl sites for hydroxylation is 2. The third kappa shape index (κ3) is 3.19. The fraction of sp³-hybridized carbons (Fsp3) is 0.118. The first kappa shape index (κ1) is 14.6. The highest BCUT2D eigenvalue weighted by atomic mass is 16.2. The lowest BCUT2D eigenvalue weighted by Crippen LogP contribution is -2.25. The summed E-state index contributed by atoms with van der Waals surface area (Å²) in [6.07, 6.45) is 0. The minimum absolute atomic E-state index is 0.314.